The van der Waals surface area contributed by atoms with Crippen LogP contribution < -0.4 is 5.43 Å². The largest absolute Gasteiger partial charge is 0.289 e. The van der Waals surface area contributed by atoms with Gasteiger partial charge in [0.25, 0.3) is 0 Å². The molecule has 0 saturated heterocycles. The fourth-order valence-corrected chi connectivity index (χ4v) is 5.28. The number of benzene rings is 4. The van der Waals surface area contributed by atoms with Gasteiger partial charge in [0.05, 0.1) is 10.4 Å². The second-order valence-electron chi connectivity index (χ2n) is 7.29. The third kappa shape index (κ3) is 3.34. The molecule has 0 amide bonds. The van der Waals surface area contributed by atoms with Gasteiger partial charge in [-0.25, -0.2) is 0 Å². The molecule has 0 N–H and O–H groups in total. The normalized spacial score (nSPS) is 12.2. The molecule has 5 heteroatoms. The summed E-state index contributed by atoms with van der Waals surface area (Å²) < 4.78 is 1.94. The summed E-state index contributed by atoms with van der Waals surface area (Å²) in [6.45, 7) is 0. The molecule has 1 aliphatic rings. The summed E-state index contributed by atoms with van der Waals surface area (Å²) in [5, 5.41) is 1.91. The summed E-state index contributed by atoms with van der Waals surface area (Å²) in [4.78, 5) is 36.4. The van der Waals surface area contributed by atoms with Crippen LogP contribution in [0.2, 0.25) is 5.02 Å². The van der Waals surface area contributed by atoms with Crippen LogP contribution in [0.15, 0.2) is 95.8 Å². The van der Waals surface area contributed by atoms with Crippen LogP contribution in [-0.2, 0) is 0 Å². The average molecular weight is 455 g/mol. The van der Waals surface area contributed by atoms with E-state index in [4.69, 9.17) is 11.6 Å². The molecule has 1 heterocycles. The fraction of sp³-hybridized carbons (Fsp3) is 0. The molecular weight excluding hydrogens is 440 g/mol. The van der Waals surface area contributed by atoms with Gasteiger partial charge in [-0.1, -0.05) is 78.3 Å². The van der Waals surface area contributed by atoms with E-state index in [1.54, 1.807) is 65.9 Å². The van der Waals surface area contributed by atoms with Crippen molar-refractivity contribution in [2.24, 2.45) is 0 Å². The highest BCUT2D eigenvalue weighted by molar-refractivity contribution is 7.24. The minimum absolute atomic E-state index is 0.0231. The molecule has 0 unspecified atom stereocenters. The lowest BCUT2D eigenvalue weighted by Crippen LogP contribution is -2.20. The first kappa shape index (κ1) is 20.3. The number of fused-ring (bicyclic) bond motifs is 4. The Morgan fingerprint density at radius 3 is 1.56 bits per heavy atom. The number of hydrogen-bond donors (Lipinski definition) is 0. The number of carbonyl (C=O) groups excluding carboxylic acids is 2. The van der Waals surface area contributed by atoms with Crippen molar-refractivity contribution in [1.29, 1.82) is 0 Å². The lowest BCUT2D eigenvalue weighted by Gasteiger charge is -2.16. The summed E-state index contributed by atoms with van der Waals surface area (Å²) in [6.07, 6.45) is 0. The number of hydrogen-bond acceptors (Lipinski definition) is 4. The number of rotatable bonds is 0. The van der Waals surface area contributed by atoms with Gasteiger partial charge in [0.2, 0.25) is 0 Å². The highest BCUT2D eigenvalue weighted by Crippen LogP contribution is 2.28. The van der Waals surface area contributed by atoms with Gasteiger partial charge in [-0.15, -0.1) is 11.3 Å². The van der Waals surface area contributed by atoms with Crippen molar-refractivity contribution < 1.29 is 9.59 Å². The monoisotopic (exact) mass is 454 g/mol. The molecule has 0 bridgehead atoms. The Hall–Kier alpha value is -3.60. The first-order valence-electron chi connectivity index (χ1n) is 9.94. The molecule has 154 valence electrons. The van der Waals surface area contributed by atoms with Gasteiger partial charge in [0.15, 0.2) is 17.0 Å². The first-order valence-corrected chi connectivity index (χ1v) is 11.1. The molecule has 3 nitrogen and oxygen atoms in total. The zero-order chi connectivity index (χ0) is 22.2. The molecule has 0 saturated carbocycles. The first-order chi connectivity index (χ1) is 15.6. The van der Waals surface area contributed by atoms with Gasteiger partial charge < -0.3 is 0 Å². The zero-order valence-corrected chi connectivity index (χ0v) is 18.2. The van der Waals surface area contributed by atoms with E-state index in [2.05, 4.69) is 0 Å². The Kier molecular flexibility index (Phi) is 5.17. The molecule has 0 radical (unpaired) electrons. The molecule has 0 fully saturated rings. The maximum absolute atomic E-state index is 12.2. The quantitative estimate of drug-likeness (QED) is 0.245. The number of halogens is 1. The van der Waals surface area contributed by atoms with Crippen molar-refractivity contribution in [3.63, 3.8) is 0 Å². The topological polar surface area (TPSA) is 51.2 Å². The molecule has 6 rings (SSSR count). The summed E-state index contributed by atoms with van der Waals surface area (Å²) in [6, 6.07) is 27.1. The van der Waals surface area contributed by atoms with Crippen LogP contribution >= 0.6 is 22.9 Å². The van der Waals surface area contributed by atoms with E-state index in [1.165, 1.54) is 0 Å². The standard InChI is InChI=1S/C14H8O2.C13H7ClOS/c15-13-9-5-1-2-6-10(9)14(16)12-8-4-3-7-11(12)13;14-9-5-3-7-11-12(9)13(15)8-4-1-2-6-10(8)16-11/h1-8H;1-7H. The smallest absolute Gasteiger partial charge is 0.197 e. The van der Waals surface area contributed by atoms with Gasteiger partial charge in [-0.3, -0.25) is 14.4 Å². The SMILES string of the molecule is O=C1c2ccccc2C(=O)c2ccccc21.O=c1c2ccccc2sc2cccc(Cl)c12. The Morgan fingerprint density at radius 2 is 1.00 bits per heavy atom. The van der Waals surface area contributed by atoms with Crippen LogP contribution in [0.25, 0.3) is 20.2 Å². The predicted molar refractivity (Wildman–Crippen MR) is 130 cm³/mol. The van der Waals surface area contributed by atoms with E-state index < -0.39 is 0 Å². The molecular formula is C27H15ClO3S. The van der Waals surface area contributed by atoms with E-state index in [1.807, 2.05) is 36.4 Å². The Labute approximate surface area is 192 Å². The van der Waals surface area contributed by atoms with E-state index in [0.717, 1.165) is 14.8 Å². The Bertz CT molecular complexity index is 1490. The molecule has 32 heavy (non-hydrogen) atoms. The molecule has 1 aromatic heterocycles. The molecule has 5 aromatic rings. The van der Waals surface area contributed by atoms with Crippen LogP contribution in [0.1, 0.15) is 31.8 Å². The van der Waals surface area contributed by atoms with E-state index in [9.17, 15) is 14.4 Å². The molecule has 1 aliphatic carbocycles. The van der Waals surface area contributed by atoms with Crippen molar-refractivity contribution in [3.05, 3.63) is 128 Å². The minimum atomic E-state index is -0.0641. The van der Waals surface area contributed by atoms with Crippen LogP contribution in [0.3, 0.4) is 0 Å². The molecule has 0 aliphatic heterocycles. The maximum atomic E-state index is 12.2. The summed E-state index contributed by atoms with van der Waals surface area (Å²) >= 11 is 7.66. The number of ketones is 2. The number of carbonyl (C=O) groups is 2. The second kappa shape index (κ2) is 8.15. The second-order valence-corrected chi connectivity index (χ2v) is 8.78. The van der Waals surface area contributed by atoms with Crippen molar-refractivity contribution in [2.45, 2.75) is 0 Å². The summed E-state index contributed by atoms with van der Waals surface area (Å²) in [5.74, 6) is -0.128. The molecule has 0 atom stereocenters. The van der Waals surface area contributed by atoms with Gasteiger partial charge in [-0.2, -0.15) is 0 Å². The highest BCUT2D eigenvalue weighted by atomic mass is 35.5. The Balaban J connectivity index is 0.000000135. The maximum Gasteiger partial charge on any atom is 0.197 e. The molecule has 4 aromatic carbocycles. The summed E-state index contributed by atoms with van der Waals surface area (Å²) in [5.41, 5.74) is 2.05. The van der Waals surface area contributed by atoms with Gasteiger partial charge in [0, 0.05) is 37.0 Å². The molecule has 0 spiro atoms. The third-order valence-electron chi connectivity index (χ3n) is 5.39. The minimum Gasteiger partial charge on any atom is -0.289 e. The van der Waals surface area contributed by atoms with Crippen LogP contribution in [0.5, 0.6) is 0 Å². The van der Waals surface area contributed by atoms with E-state index in [0.29, 0.717) is 32.7 Å². The van der Waals surface area contributed by atoms with E-state index >= 15 is 0 Å². The third-order valence-corrected chi connectivity index (χ3v) is 6.84. The van der Waals surface area contributed by atoms with Crippen LogP contribution in [-0.4, -0.2) is 11.6 Å². The highest BCUT2D eigenvalue weighted by Gasteiger charge is 2.28. The average Bonchev–Trinajstić information content (AvgIpc) is 2.83. The van der Waals surface area contributed by atoms with Gasteiger partial charge >= 0.3 is 0 Å². The van der Waals surface area contributed by atoms with Crippen molar-refractivity contribution in [3.8, 4) is 0 Å². The zero-order valence-electron chi connectivity index (χ0n) is 16.7. The van der Waals surface area contributed by atoms with Crippen molar-refractivity contribution in [1.82, 2.24) is 0 Å². The lowest BCUT2D eigenvalue weighted by atomic mass is 9.84. The van der Waals surface area contributed by atoms with Gasteiger partial charge in [0.1, 0.15) is 0 Å². The lowest BCUT2D eigenvalue weighted by molar-refractivity contribution is 0.0979. The van der Waals surface area contributed by atoms with Crippen molar-refractivity contribution >= 4 is 54.7 Å². The van der Waals surface area contributed by atoms with Crippen molar-refractivity contribution in [2.75, 3.05) is 0 Å². The fourth-order valence-electron chi connectivity index (χ4n) is 3.85. The van der Waals surface area contributed by atoms with E-state index in [-0.39, 0.29) is 17.0 Å². The van der Waals surface area contributed by atoms with Crippen LogP contribution in [0, 0.1) is 0 Å². The summed E-state index contributed by atoms with van der Waals surface area (Å²) in [7, 11) is 0. The van der Waals surface area contributed by atoms with Crippen LogP contribution in [0.4, 0.5) is 0 Å². The van der Waals surface area contributed by atoms with Gasteiger partial charge in [-0.05, 0) is 24.3 Å². The predicted octanol–water partition coefficient (Wildman–Crippen LogP) is 6.53. The Morgan fingerprint density at radius 1 is 0.531 bits per heavy atom.